The third kappa shape index (κ3) is 20.2. The fourth-order valence-electron chi connectivity index (χ4n) is 6.34. The number of rotatable bonds is 32. The lowest BCUT2D eigenvalue weighted by atomic mass is 9.93. The molecule has 1 rings (SSSR count). The van der Waals surface area contributed by atoms with Crippen LogP contribution in [0.25, 0.3) is 0 Å². The number of methoxy groups -OCH3 is 1. The zero-order chi connectivity index (χ0) is 32.1. The Morgan fingerprint density at radius 1 is 0.545 bits per heavy atom. The fraction of sp³-hybridized carbons (Fsp3) is 0.800. The summed E-state index contributed by atoms with van der Waals surface area (Å²) in [6.45, 7) is 4.53. The number of Topliss-reactive ketones (excluding diaryl/α,β-unsaturated/α-hetero) is 2. The Bertz CT molecular complexity index is 846. The standard InChI is InChI=1S/C40H70O4/c1-4-6-8-10-12-14-16-18-20-22-24-26-28-30-36(41)34-35-32-33-38(43)40(44-3)39(35)37(42)31-29-27-25-23-21-19-17-15-13-11-9-7-5-2/h32-33,43H,4-31,34H2,1-3H3. The summed E-state index contributed by atoms with van der Waals surface area (Å²) >= 11 is 0. The van der Waals surface area contributed by atoms with E-state index in [2.05, 4.69) is 13.8 Å². The van der Waals surface area contributed by atoms with Crippen LogP contribution in [-0.2, 0) is 11.2 Å². The van der Waals surface area contributed by atoms with Crippen LogP contribution in [0.4, 0.5) is 0 Å². The van der Waals surface area contributed by atoms with Gasteiger partial charge in [0.1, 0.15) is 5.78 Å². The van der Waals surface area contributed by atoms with Crippen LogP contribution in [0.2, 0.25) is 0 Å². The zero-order valence-corrected chi connectivity index (χ0v) is 29.3. The van der Waals surface area contributed by atoms with Crippen LogP contribution in [0.15, 0.2) is 12.1 Å². The smallest absolute Gasteiger partial charge is 0.171 e. The average molecular weight is 615 g/mol. The Morgan fingerprint density at radius 3 is 1.30 bits per heavy atom. The summed E-state index contributed by atoms with van der Waals surface area (Å²) in [6, 6.07) is 3.28. The second-order valence-electron chi connectivity index (χ2n) is 13.3. The number of ketones is 2. The molecule has 1 N–H and O–H groups in total. The van der Waals surface area contributed by atoms with Crippen molar-refractivity contribution in [3.8, 4) is 11.5 Å². The third-order valence-corrected chi connectivity index (χ3v) is 9.16. The maximum atomic E-state index is 13.3. The van der Waals surface area contributed by atoms with E-state index in [-0.39, 0.29) is 29.5 Å². The van der Waals surface area contributed by atoms with Crippen LogP contribution < -0.4 is 4.74 Å². The van der Waals surface area contributed by atoms with Crippen molar-refractivity contribution in [3.05, 3.63) is 23.3 Å². The summed E-state index contributed by atoms with van der Waals surface area (Å²) in [5.41, 5.74) is 1.10. The molecule has 0 amide bonds. The van der Waals surface area contributed by atoms with Gasteiger partial charge in [-0.3, -0.25) is 9.59 Å². The second kappa shape index (κ2) is 28.6. The predicted octanol–water partition coefficient (Wildman–Crippen LogP) is 12.7. The van der Waals surface area contributed by atoms with Crippen LogP contribution >= 0.6 is 0 Å². The van der Waals surface area contributed by atoms with E-state index in [0.717, 1.165) is 32.1 Å². The predicted molar refractivity (Wildman–Crippen MR) is 188 cm³/mol. The number of carbonyl (C=O) groups is 2. The van der Waals surface area contributed by atoms with Crippen molar-refractivity contribution in [2.24, 2.45) is 0 Å². The topological polar surface area (TPSA) is 63.6 Å². The van der Waals surface area contributed by atoms with E-state index >= 15 is 0 Å². The number of aromatic hydroxyl groups is 1. The highest BCUT2D eigenvalue weighted by atomic mass is 16.5. The highest BCUT2D eigenvalue weighted by molar-refractivity contribution is 6.02. The monoisotopic (exact) mass is 615 g/mol. The van der Waals surface area contributed by atoms with Crippen molar-refractivity contribution in [2.75, 3.05) is 7.11 Å². The van der Waals surface area contributed by atoms with E-state index in [1.54, 1.807) is 12.1 Å². The Balaban J connectivity index is 2.28. The molecule has 0 aromatic heterocycles. The molecule has 254 valence electrons. The molecule has 1 aromatic carbocycles. The molecule has 4 heteroatoms. The Morgan fingerprint density at radius 2 is 0.909 bits per heavy atom. The molecule has 0 aliphatic rings. The summed E-state index contributed by atoms with van der Waals surface area (Å²) in [6.07, 6.45) is 34.4. The number of ether oxygens (including phenoxy) is 1. The summed E-state index contributed by atoms with van der Waals surface area (Å²) in [7, 11) is 1.48. The van der Waals surface area contributed by atoms with Crippen molar-refractivity contribution in [1.82, 2.24) is 0 Å². The maximum Gasteiger partial charge on any atom is 0.171 e. The lowest BCUT2D eigenvalue weighted by Crippen LogP contribution is -2.11. The van der Waals surface area contributed by atoms with Gasteiger partial charge in [-0.15, -0.1) is 0 Å². The van der Waals surface area contributed by atoms with Crippen LogP contribution in [0.3, 0.4) is 0 Å². The van der Waals surface area contributed by atoms with Crippen LogP contribution in [0.1, 0.15) is 210 Å². The first kappa shape index (κ1) is 40.2. The number of unbranched alkanes of at least 4 members (excludes halogenated alkanes) is 24. The molecule has 4 nitrogen and oxygen atoms in total. The second-order valence-corrected chi connectivity index (χ2v) is 13.3. The highest BCUT2D eigenvalue weighted by Gasteiger charge is 2.21. The summed E-state index contributed by atoms with van der Waals surface area (Å²) in [5.74, 6) is 0.324. The molecule has 0 bridgehead atoms. The summed E-state index contributed by atoms with van der Waals surface area (Å²) in [5, 5.41) is 10.4. The van der Waals surface area contributed by atoms with Crippen LogP contribution in [-0.4, -0.2) is 23.8 Å². The number of hydrogen-bond acceptors (Lipinski definition) is 4. The van der Waals surface area contributed by atoms with E-state index < -0.39 is 0 Å². The van der Waals surface area contributed by atoms with Crippen molar-refractivity contribution < 1.29 is 19.4 Å². The molecule has 0 unspecified atom stereocenters. The lowest BCUT2D eigenvalue weighted by molar-refractivity contribution is -0.118. The molecule has 0 atom stereocenters. The first-order chi connectivity index (χ1) is 21.5. The number of hydrogen-bond donors (Lipinski definition) is 1. The molecule has 1 aromatic rings. The van der Waals surface area contributed by atoms with Crippen molar-refractivity contribution in [1.29, 1.82) is 0 Å². The van der Waals surface area contributed by atoms with Gasteiger partial charge >= 0.3 is 0 Å². The SMILES string of the molecule is CCCCCCCCCCCCCCCC(=O)Cc1ccc(O)c(OC)c1C(=O)CCCCCCCCCCCCCCC. The first-order valence-electron chi connectivity index (χ1n) is 19.0. The zero-order valence-electron chi connectivity index (χ0n) is 29.3. The first-order valence-corrected chi connectivity index (χ1v) is 19.0. The van der Waals surface area contributed by atoms with Crippen LogP contribution in [0.5, 0.6) is 11.5 Å². The minimum absolute atomic E-state index is 0.0235. The van der Waals surface area contributed by atoms with Gasteiger partial charge in [-0.1, -0.05) is 174 Å². The van der Waals surface area contributed by atoms with E-state index in [0.29, 0.717) is 24.0 Å². The maximum absolute atomic E-state index is 13.3. The van der Waals surface area contributed by atoms with Gasteiger partial charge < -0.3 is 9.84 Å². The van der Waals surface area contributed by atoms with Gasteiger partial charge in [-0.25, -0.2) is 0 Å². The Kier molecular flexibility index (Phi) is 26.1. The Labute approximate surface area is 272 Å². The molecule has 0 radical (unpaired) electrons. The number of phenolic OH excluding ortho intramolecular Hbond substituents is 1. The van der Waals surface area contributed by atoms with Crippen molar-refractivity contribution >= 4 is 11.6 Å². The summed E-state index contributed by atoms with van der Waals surface area (Å²) < 4.78 is 5.44. The number of phenols is 1. The van der Waals surface area contributed by atoms with Gasteiger partial charge in [0.25, 0.3) is 0 Å². The van der Waals surface area contributed by atoms with Gasteiger partial charge in [0, 0.05) is 19.3 Å². The molecule has 0 fully saturated rings. The molecule has 0 saturated carbocycles. The molecule has 0 spiro atoms. The van der Waals surface area contributed by atoms with Gasteiger partial charge in [0.15, 0.2) is 17.3 Å². The van der Waals surface area contributed by atoms with Gasteiger partial charge in [0.2, 0.25) is 0 Å². The molecular weight excluding hydrogens is 544 g/mol. The normalized spacial score (nSPS) is 11.2. The highest BCUT2D eigenvalue weighted by Crippen LogP contribution is 2.34. The molecule has 0 aliphatic carbocycles. The van der Waals surface area contributed by atoms with E-state index in [9.17, 15) is 14.7 Å². The van der Waals surface area contributed by atoms with Crippen molar-refractivity contribution in [2.45, 2.75) is 200 Å². The van der Waals surface area contributed by atoms with E-state index in [4.69, 9.17) is 4.74 Å². The summed E-state index contributed by atoms with van der Waals surface area (Å²) in [4.78, 5) is 26.1. The molecule has 44 heavy (non-hydrogen) atoms. The molecule has 0 heterocycles. The van der Waals surface area contributed by atoms with Gasteiger partial charge in [0.05, 0.1) is 12.7 Å². The van der Waals surface area contributed by atoms with Gasteiger partial charge in [-0.05, 0) is 24.5 Å². The third-order valence-electron chi connectivity index (χ3n) is 9.16. The quantitative estimate of drug-likeness (QED) is 0.0647. The minimum atomic E-state index is -0.0334. The molecule has 0 aliphatic heterocycles. The fourth-order valence-corrected chi connectivity index (χ4v) is 6.34. The van der Waals surface area contributed by atoms with Crippen molar-refractivity contribution in [3.63, 3.8) is 0 Å². The van der Waals surface area contributed by atoms with Crippen LogP contribution in [0, 0.1) is 0 Å². The lowest BCUT2D eigenvalue weighted by Gasteiger charge is -2.14. The number of benzene rings is 1. The van der Waals surface area contributed by atoms with E-state index in [1.807, 2.05) is 0 Å². The average Bonchev–Trinajstić information content (AvgIpc) is 3.02. The number of carbonyl (C=O) groups excluding carboxylic acids is 2. The van der Waals surface area contributed by atoms with E-state index in [1.165, 1.54) is 142 Å². The molecule has 0 saturated heterocycles. The minimum Gasteiger partial charge on any atom is -0.504 e. The van der Waals surface area contributed by atoms with Gasteiger partial charge in [-0.2, -0.15) is 0 Å². The Hall–Kier alpha value is -1.84. The largest absolute Gasteiger partial charge is 0.504 e. The molecular formula is C40H70O4.